The van der Waals surface area contributed by atoms with Crippen LogP contribution in [0.1, 0.15) is 30.0 Å². The fraction of sp³-hybridized carbons (Fsp3) is 0.364. The van der Waals surface area contributed by atoms with Crippen LogP contribution in [0.25, 0.3) is 0 Å². The summed E-state index contributed by atoms with van der Waals surface area (Å²) in [6.45, 7) is 5.34. The van der Waals surface area contributed by atoms with Crippen molar-refractivity contribution in [1.29, 1.82) is 0 Å². The number of aryl methyl sites for hydroxylation is 2. The summed E-state index contributed by atoms with van der Waals surface area (Å²) in [5.74, 6) is 1.44. The molecule has 0 saturated heterocycles. The molecule has 2 rings (SSSR count). The molecule has 2 heterocycles. The van der Waals surface area contributed by atoms with Gasteiger partial charge < -0.3 is 10.2 Å². The van der Waals surface area contributed by atoms with E-state index in [2.05, 4.69) is 14.9 Å². The molecule has 8 heteroatoms. The van der Waals surface area contributed by atoms with E-state index in [9.17, 15) is 8.42 Å². The first-order chi connectivity index (χ1) is 8.81. The molecule has 19 heavy (non-hydrogen) atoms. The first kappa shape index (κ1) is 13.6. The summed E-state index contributed by atoms with van der Waals surface area (Å²) in [5.41, 5.74) is 6.31. The number of nitrogens with one attached hydrogen (secondary N) is 2. The van der Waals surface area contributed by atoms with E-state index in [0.29, 0.717) is 5.76 Å². The lowest BCUT2D eigenvalue weighted by Crippen LogP contribution is -2.27. The van der Waals surface area contributed by atoms with Crippen LogP contribution in [0.5, 0.6) is 0 Å². The summed E-state index contributed by atoms with van der Waals surface area (Å²) >= 11 is 0. The number of rotatable bonds is 4. The topological polar surface area (TPSA) is 114 Å². The fourth-order valence-electron chi connectivity index (χ4n) is 1.94. The number of nitrogens with two attached hydrogens (primary N) is 1. The average molecular weight is 284 g/mol. The summed E-state index contributed by atoms with van der Waals surface area (Å²) in [7, 11) is -3.71. The van der Waals surface area contributed by atoms with Gasteiger partial charge in [-0.1, -0.05) is 0 Å². The van der Waals surface area contributed by atoms with E-state index in [4.69, 9.17) is 10.2 Å². The van der Waals surface area contributed by atoms with Gasteiger partial charge in [-0.2, -0.15) is 5.10 Å². The Morgan fingerprint density at radius 1 is 1.47 bits per heavy atom. The molecule has 0 aliphatic rings. The van der Waals surface area contributed by atoms with Crippen molar-refractivity contribution in [2.45, 2.75) is 31.7 Å². The molecule has 0 radical (unpaired) electrons. The monoisotopic (exact) mass is 284 g/mol. The highest BCUT2D eigenvalue weighted by Gasteiger charge is 2.24. The number of hydrogen-bond acceptors (Lipinski definition) is 5. The number of aromatic nitrogens is 2. The first-order valence-corrected chi connectivity index (χ1v) is 7.17. The summed E-state index contributed by atoms with van der Waals surface area (Å²) in [5, 5.41) is 6.00. The molecule has 0 aliphatic heterocycles. The number of hydrogen-bond donors (Lipinski definition) is 3. The lowest BCUT2D eigenvalue weighted by Gasteiger charge is -2.12. The normalized spacial score (nSPS) is 13.6. The second-order valence-corrected chi connectivity index (χ2v) is 6.04. The lowest BCUT2D eigenvalue weighted by molar-refractivity contribution is 0.496. The Balaban J connectivity index is 2.26. The Morgan fingerprint density at radius 3 is 2.63 bits per heavy atom. The molecule has 104 valence electrons. The fourth-order valence-corrected chi connectivity index (χ4v) is 3.19. The lowest BCUT2D eigenvalue weighted by atomic mass is 10.1. The van der Waals surface area contributed by atoms with Gasteiger partial charge in [0.2, 0.25) is 10.0 Å². The molecule has 2 aromatic rings. The van der Waals surface area contributed by atoms with Crippen LogP contribution in [-0.2, 0) is 10.0 Å². The molecule has 0 aliphatic carbocycles. The van der Waals surface area contributed by atoms with Gasteiger partial charge in [0.25, 0.3) is 0 Å². The highest BCUT2D eigenvalue weighted by molar-refractivity contribution is 7.89. The number of H-pyrrole nitrogens is 1. The van der Waals surface area contributed by atoms with Crippen LogP contribution in [0.4, 0.5) is 5.82 Å². The highest BCUT2D eigenvalue weighted by atomic mass is 32.2. The predicted molar refractivity (Wildman–Crippen MR) is 69.9 cm³/mol. The quantitative estimate of drug-likeness (QED) is 0.781. The van der Waals surface area contributed by atoms with Crippen LogP contribution in [-0.4, -0.2) is 18.6 Å². The third kappa shape index (κ3) is 2.64. The Labute approximate surface area is 111 Å². The van der Waals surface area contributed by atoms with Gasteiger partial charge in [-0.25, -0.2) is 13.1 Å². The van der Waals surface area contributed by atoms with Crippen LogP contribution >= 0.6 is 0 Å². The van der Waals surface area contributed by atoms with Crippen molar-refractivity contribution in [3.63, 3.8) is 0 Å². The molecule has 4 N–H and O–H groups in total. The Kier molecular flexibility index (Phi) is 3.38. The molecule has 2 aromatic heterocycles. The zero-order chi connectivity index (χ0) is 14.2. The molecule has 1 atom stereocenters. The maximum atomic E-state index is 12.1. The van der Waals surface area contributed by atoms with Gasteiger partial charge in [0.15, 0.2) is 0 Å². The zero-order valence-corrected chi connectivity index (χ0v) is 11.7. The van der Waals surface area contributed by atoms with Crippen molar-refractivity contribution >= 4 is 15.8 Å². The molecule has 1 unspecified atom stereocenters. The number of sulfonamides is 1. The molecule has 0 fully saturated rings. The smallest absolute Gasteiger partial charge is 0.246 e. The van der Waals surface area contributed by atoms with Gasteiger partial charge in [0.1, 0.15) is 22.2 Å². The maximum absolute atomic E-state index is 12.1. The summed E-state index contributed by atoms with van der Waals surface area (Å²) in [6, 6.07) is 1.39. The summed E-state index contributed by atoms with van der Waals surface area (Å²) in [4.78, 5) is -0.0581. The van der Waals surface area contributed by atoms with E-state index in [0.717, 1.165) is 11.3 Å². The minimum atomic E-state index is -3.71. The number of furan rings is 1. The number of nitrogen functional groups attached to an aromatic ring is 1. The number of nitrogens with zero attached hydrogens (tertiary/aromatic N) is 1. The van der Waals surface area contributed by atoms with Gasteiger partial charge >= 0.3 is 0 Å². The Hall–Kier alpha value is -1.80. The predicted octanol–water partition coefficient (Wildman–Crippen LogP) is 1.24. The maximum Gasteiger partial charge on any atom is 0.246 e. The van der Waals surface area contributed by atoms with Crippen molar-refractivity contribution < 1.29 is 12.8 Å². The van der Waals surface area contributed by atoms with E-state index in [1.165, 1.54) is 6.20 Å². The highest BCUT2D eigenvalue weighted by Crippen LogP contribution is 2.24. The third-order valence-corrected chi connectivity index (χ3v) is 4.37. The van der Waals surface area contributed by atoms with E-state index in [1.54, 1.807) is 19.9 Å². The van der Waals surface area contributed by atoms with Crippen LogP contribution in [0.3, 0.4) is 0 Å². The van der Waals surface area contributed by atoms with Gasteiger partial charge in [-0.3, -0.25) is 5.10 Å². The standard InChI is InChI=1S/C11H16N4O3S/c1-6-4-9(8(3)18-6)7(2)15-19(16,17)10-5-13-14-11(10)12/h4-5,7,15H,1-3H3,(H3,12,13,14). The number of anilines is 1. The minimum absolute atomic E-state index is 0.0137. The zero-order valence-electron chi connectivity index (χ0n) is 10.9. The van der Waals surface area contributed by atoms with Crippen LogP contribution in [0.15, 0.2) is 21.6 Å². The molecule has 7 nitrogen and oxygen atoms in total. The van der Waals surface area contributed by atoms with Crippen molar-refractivity contribution in [2.75, 3.05) is 5.73 Å². The van der Waals surface area contributed by atoms with Gasteiger partial charge in [-0.05, 0) is 26.8 Å². The first-order valence-electron chi connectivity index (χ1n) is 5.69. The molecular weight excluding hydrogens is 268 g/mol. The van der Waals surface area contributed by atoms with Gasteiger partial charge in [-0.15, -0.1) is 0 Å². The van der Waals surface area contributed by atoms with Crippen LogP contribution in [0.2, 0.25) is 0 Å². The van der Waals surface area contributed by atoms with Crippen LogP contribution in [0, 0.1) is 13.8 Å². The third-order valence-electron chi connectivity index (χ3n) is 2.80. The van der Waals surface area contributed by atoms with Crippen molar-refractivity contribution in [3.05, 3.63) is 29.3 Å². The van der Waals surface area contributed by atoms with Crippen LogP contribution < -0.4 is 10.5 Å². The second kappa shape index (κ2) is 4.71. The second-order valence-electron chi connectivity index (χ2n) is 4.36. The van der Waals surface area contributed by atoms with Crippen molar-refractivity contribution in [1.82, 2.24) is 14.9 Å². The molecule has 0 spiro atoms. The molecule has 0 amide bonds. The Morgan fingerprint density at radius 2 is 2.16 bits per heavy atom. The summed E-state index contributed by atoms with van der Waals surface area (Å²) < 4.78 is 32.2. The van der Waals surface area contributed by atoms with E-state index in [1.807, 2.05) is 6.92 Å². The molecule has 0 saturated carbocycles. The molecule has 0 bridgehead atoms. The van der Waals surface area contributed by atoms with Gasteiger partial charge in [0, 0.05) is 11.6 Å². The SMILES string of the molecule is Cc1cc(C(C)NS(=O)(=O)c2cn[nH]c2N)c(C)o1. The molecular formula is C11H16N4O3S. The largest absolute Gasteiger partial charge is 0.466 e. The van der Waals surface area contributed by atoms with Crippen molar-refractivity contribution in [2.24, 2.45) is 0 Å². The van der Waals surface area contributed by atoms with Crippen molar-refractivity contribution in [3.8, 4) is 0 Å². The van der Waals surface area contributed by atoms with Gasteiger partial charge in [0.05, 0.1) is 6.20 Å². The summed E-state index contributed by atoms with van der Waals surface area (Å²) in [6.07, 6.45) is 1.18. The average Bonchev–Trinajstić information content (AvgIpc) is 2.84. The van der Waals surface area contributed by atoms with E-state index in [-0.39, 0.29) is 10.7 Å². The minimum Gasteiger partial charge on any atom is -0.466 e. The van der Waals surface area contributed by atoms with E-state index >= 15 is 0 Å². The van der Waals surface area contributed by atoms with E-state index < -0.39 is 16.1 Å². The number of aromatic amines is 1. The molecule has 0 aromatic carbocycles. The Bertz CT molecular complexity index is 687.